The Hall–Kier alpha value is -2.17. The zero-order valence-corrected chi connectivity index (χ0v) is 9.74. The van der Waals surface area contributed by atoms with Crippen LogP contribution in [0.15, 0.2) is 36.5 Å². The Morgan fingerprint density at radius 1 is 1.29 bits per heavy atom. The number of aromatic hydroxyl groups is 1. The minimum Gasteiger partial charge on any atom is -0.508 e. The third-order valence-electron chi connectivity index (χ3n) is 2.62. The van der Waals surface area contributed by atoms with Gasteiger partial charge in [0, 0.05) is 25.5 Å². The van der Waals surface area contributed by atoms with Gasteiger partial charge in [-0.3, -0.25) is 4.68 Å². The Labute approximate surface area is 100 Å². The number of phenols is 1. The average Bonchev–Trinajstić information content (AvgIpc) is 2.73. The van der Waals surface area contributed by atoms with Crippen molar-refractivity contribution >= 4 is 11.5 Å². The Morgan fingerprint density at radius 2 is 2.00 bits per heavy atom. The van der Waals surface area contributed by atoms with Gasteiger partial charge in [0.1, 0.15) is 11.6 Å². The second-order valence-corrected chi connectivity index (χ2v) is 3.94. The molecule has 0 aliphatic heterocycles. The average molecular weight is 232 g/mol. The molecular formula is C12H16N4O. The molecule has 0 spiro atoms. The van der Waals surface area contributed by atoms with Gasteiger partial charge in [-0.2, -0.15) is 5.10 Å². The monoisotopic (exact) mass is 232 g/mol. The minimum absolute atomic E-state index is 0.280. The summed E-state index contributed by atoms with van der Waals surface area (Å²) in [5.41, 5.74) is 6.60. The summed E-state index contributed by atoms with van der Waals surface area (Å²) >= 11 is 0. The lowest BCUT2D eigenvalue weighted by Crippen LogP contribution is -2.22. The number of rotatable bonds is 4. The quantitative estimate of drug-likeness (QED) is 0.834. The molecule has 0 bridgehead atoms. The van der Waals surface area contributed by atoms with Crippen LogP contribution in [-0.2, 0) is 6.54 Å². The van der Waals surface area contributed by atoms with Gasteiger partial charge < -0.3 is 15.7 Å². The summed E-state index contributed by atoms with van der Waals surface area (Å²) in [5.74, 6) is 0.819. The van der Waals surface area contributed by atoms with Crippen LogP contribution < -0.4 is 10.6 Å². The lowest BCUT2D eigenvalue weighted by Gasteiger charge is -2.19. The van der Waals surface area contributed by atoms with E-state index in [1.165, 1.54) is 0 Å². The SMILES string of the molecule is CN(CCn1ccc(N)n1)c1ccc(O)cc1. The molecule has 5 nitrogen and oxygen atoms in total. The number of aromatic nitrogens is 2. The first-order valence-electron chi connectivity index (χ1n) is 5.44. The Morgan fingerprint density at radius 3 is 2.59 bits per heavy atom. The number of nitrogens with zero attached hydrogens (tertiary/aromatic N) is 3. The van der Waals surface area contributed by atoms with E-state index in [4.69, 9.17) is 5.73 Å². The molecule has 3 N–H and O–H groups in total. The van der Waals surface area contributed by atoms with E-state index in [-0.39, 0.29) is 5.75 Å². The molecule has 0 saturated carbocycles. The first kappa shape index (κ1) is 11.3. The lowest BCUT2D eigenvalue weighted by atomic mass is 10.3. The van der Waals surface area contributed by atoms with E-state index in [1.807, 2.05) is 30.1 Å². The molecule has 0 radical (unpaired) electrons. The third kappa shape index (κ3) is 2.90. The van der Waals surface area contributed by atoms with Gasteiger partial charge in [-0.15, -0.1) is 0 Å². The standard InChI is InChI=1S/C12H16N4O/c1-15(10-2-4-11(17)5-3-10)8-9-16-7-6-12(13)14-16/h2-7,17H,8-9H2,1H3,(H2,13,14). The molecule has 0 amide bonds. The van der Waals surface area contributed by atoms with E-state index < -0.39 is 0 Å². The van der Waals surface area contributed by atoms with Crippen LogP contribution in [0.3, 0.4) is 0 Å². The van der Waals surface area contributed by atoms with Gasteiger partial charge in [0.15, 0.2) is 0 Å². The van der Waals surface area contributed by atoms with Crippen molar-refractivity contribution in [2.24, 2.45) is 0 Å². The fourth-order valence-electron chi connectivity index (χ4n) is 1.59. The van der Waals surface area contributed by atoms with E-state index in [0.29, 0.717) is 5.82 Å². The van der Waals surface area contributed by atoms with Crippen molar-refractivity contribution in [3.63, 3.8) is 0 Å². The van der Waals surface area contributed by atoms with E-state index in [1.54, 1.807) is 18.2 Å². The highest BCUT2D eigenvalue weighted by Crippen LogP contribution is 2.16. The molecule has 0 saturated heterocycles. The summed E-state index contributed by atoms with van der Waals surface area (Å²) in [7, 11) is 2.00. The van der Waals surface area contributed by atoms with Crippen molar-refractivity contribution in [3.05, 3.63) is 36.5 Å². The van der Waals surface area contributed by atoms with E-state index >= 15 is 0 Å². The van der Waals surface area contributed by atoms with E-state index in [2.05, 4.69) is 10.00 Å². The Balaban J connectivity index is 1.93. The number of phenolic OH excluding ortho intramolecular Hbond substituents is 1. The number of nitrogen functional groups attached to an aromatic ring is 1. The van der Waals surface area contributed by atoms with Crippen LogP contribution in [-0.4, -0.2) is 28.5 Å². The van der Waals surface area contributed by atoms with Gasteiger partial charge in [-0.25, -0.2) is 0 Å². The number of benzene rings is 1. The molecule has 1 aromatic carbocycles. The molecule has 0 atom stereocenters. The molecule has 1 aromatic heterocycles. The smallest absolute Gasteiger partial charge is 0.145 e. The number of hydrogen-bond acceptors (Lipinski definition) is 4. The number of anilines is 2. The fourth-order valence-corrected chi connectivity index (χ4v) is 1.59. The molecule has 5 heteroatoms. The normalized spacial score (nSPS) is 10.4. The Kier molecular flexibility index (Phi) is 3.18. The Bertz CT molecular complexity index is 478. The highest BCUT2D eigenvalue weighted by atomic mass is 16.3. The molecule has 0 fully saturated rings. The maximum Gasteiger partial charge on any atom is 0.145 e. The van der Waals surface area contributed by atoms with Crippen molar-refractivity contribution in [2.75, 3.05) is 24.2 Å². The summed E-state index contributed by atoms with van der Waals surface area (Å²) in [6.07, 6.45) is 1.86. The van der Waals surface area contributed by atoms with Gasteiger partial charge in [0.05, 0.1) is 6.54 Å². The lowest BCUT2D eigenvalue weighted by molar-refractivity contribution is 0.475. The highest BCUT2D eigenvalue weighted by Gasteiger charge is 2.01. The van der Waals surface area contributed by atoms with Crippen LogP contribution in [0.1, 0.15) is 0 Å². The zero-order chi connectivity index (χ0) is 12.3. The second kappa shape index (κ2) is 4.78. The maximum absolute atomic E-state index is 9.20. The molecule has 90 valence electrons. The first-order chi connectivity index (χ1) is 8.15. The molecule has 0 aliphatic rings. The maximum atomic E-state index is 9.20. The van der Waals surface area contributed by atoms with Crippen LogP contribution in [0.4, 0.5) is 11.5 Å². The van der Waals surface area contributed by atoms with Crippen LogP contribution in [0.5, 0.6) is 5.75 Å². The topological polar surface area (TPSA) is 67.3 Å². The van der Waals surface area contributed by atoms with Gasteiger partial charge in [-0.05, 0) is 30.3 Å². The van der Waals surface area contributed by atoms with Gasteiger partial charge in [-0.1, -0.05) is 0 Å². The molecular weight excluding hydrogens is 216 g/mol. The molecule has 2 aromatic rings. The molecule has 0 aliphatic carbocycles. The molecule has 0 unspecified atom stereocenters. The zero-order valence-electron chi connectivity index (χ0n) is 9.74. The van der Waals surface area contributed by atoms with Crippen LogP contribution in [0.25, 0.3) is 0 Å². The van der Waals surface area contributed by atoms with Crippen molar-refractivity contribution in [3.8, 4) is 5.75 Å². The molecule has 17 heavy (non-hydrogen) atoms. The fraction of sp³-hybridized carbons (Fsp3) is 0.250. The summed E-state index contributed by atoms with van der Waals surface area (Å²) in [5, 5.41) is 13.3. The predicted molar refractivity (Wildman–Crippen MR) is 68.0 cm³/mol. The largest absolute Gasteiger partial charge is 0.508 e. The number of likely N-dealkylation sites (N-methyl/N-ethyl adjacent to an activating group) is 1. The van der Waals surface area contributed by atoms with Crippen molar-refractivity contribution in [1.29, 1.82) is 0 Å². The van der Waals surface area contributed by atoms with Gasteiger partial charge >= 0.3 is 0 Å². The highest BCUT2D eigenvalue weighted by molar-refractivity contribution is 5.47. The predicted octanol–water partition coefficient (Wildman–Crippen LogP) is 1.31. The number of nitrogens with two attached hydrogens (primary N) is 1. The summed E-state index contributed by atoms with van der Waals surface area (Å²) < 4.78 is 1.81. The first-order valence-corrected chi connectivity index (χ1v) is 5.44. The molecule has 1 heterocycles. The van der Waals surface area contributed by atoms with Gasteiger partial charge in [0.25, 0.3) is 0 Å². The summed E-state index contributed by atoms with van der Waals surface area (Å²) in [6.45, 7) is 1.60. The van der Waals surface area contributed by atoms with E-state index in [9.17, 15) is 5.11 Å². The summed E-state index contributed by atoms with van der Waals surface area (Å²) in [6, 6.07) is 8.90. The summed E-state index contributed by atoms with van der Waals surface area (Å²) in [4.78, 5) is 2.09. The third-order valence-corrected chi connectivity index (χ3v) is 2.62. The van der Waals surface area contributed by atoms with Crippen molar-refractivity contribution in [2.45, 2.75) is 6.54 Å². The van der Waals surface area contributed by atoms with Gasteiger partial charge in [0.2, 0.25) is 0 Å². The van der Waals surface area contributed by atoms with Crippen LogP contribution in [0.2, 0.25) is 0 Å². The van der Waals surface area contributed by atoms with E-state index in [0.717, 1.165) is 18.8 Å². The van der Waals surface area contributed by atoms with Crippen LogP contribution in [0, 0.1) is 0 Å². The molecule has 2 rings (SSSR count). The van der Waals surface area contributed by atoms with Crippen LogP contribution >= 0.6 is 0 Å². The van der Waals surface area contributed by atoms with Crippen molar-refractivity contribution in [1.82, 2.24) is 9.78 Å². The van der Waals surface area contributed by atoms with Crippen molar-refractivity contribution < 1.29 is 5.11 Å². The second-order valence-electron chi connectivity index (χ2n) is 3.94. The minimum atomic E-state index is 0.280. The number of hydrogen-bond donors (Lipinski definition) is 2.